The number of rotatable bonds is 7. The van der Waals surface area contributed by atoms with Crippen LogP contribution in [0.15, 0.2) is 24.3 Å². The molecule has 1 aromatic carbocycles. The molecule has 0 radical (unpaired) electrons. The van der Waals surface area contributed by atoms with Crippen LogP contribution < -0.4 is 0 Å². The number of hydrogen-bond donors (Lipinski definition) is 0. The average Bonchev–Trinajstić information content (AvgIpc) is 2.89. The van der Waals surface area contributed by atoms with Crippen LogP contribution in [0.1, 0.15) is 146 Å². The van der Waals surface area contributed by atoms with Crippen LogP contribution in [-0.4, -0.2) is 0 Å². The van der Waals surface area contributed by atoms with E-state index in [1.165, 1.54) is 89.9 Å². The summed E-state index contributed by atoms with van der Waals surface area (Å²) >= 11 is 0. The Labute approximate surface area is 199 Å². The molecule has 0 saturated heterocycles. The Morgan fingerprint density at radius 3 is 1.84 bits per heavy atom. The van der Waals surface area contributed by atoms with Crippen LogP contribution in [0.5, 0.6) is 0 Å². The maximum atomic E-state index is 2.57. The van der Waals surface area contributed by atoms with Gasteiger partial charge in [-0.3, -0.25) is 0 Å². The molecule has 0 atom stereocenters. The topological polar surface area (TPSA) is 0 Å². The molecule has 32 heavy (non-hydrogen) atoms. The molecule has 5 aliphatic carbocycles. The van der Waals surface area contributed by atoms with E-state index in [0.29, 0.717) is 5.41 Å². The maximum absolute atomic E-state index is 2.57. The molecule has 2 bridgehead atoms. The first-order valence-electron chi connectivity index (χ1n) is 14.8. The van der Waals surface area contributed by atoms with Gasteiger partial charge < -0.3 is 0 Å². The summed E-state index contributed by atoms with van der Waals surface area (Å²) < 4.78 is 0. The molecular formula is C32H50. The lowest BCUT2D eigenvalue weighted by Crippen LogP contribution is -2.48. The number of fused-ring (bicyclic) bond motifs is 3. The Kier molecular flexibility index (Phi) is 7.06. The van der Waals surface area contributed by atoms with Crippen LogP contribution >= 0.6 is 0 Å². The molecule has 0 aliphatic heterocycles. The standard InChI is InChI=1S/C32H50/c1-3-5-6-26-9-15-29(16-10-26)31-19-22-32(23-20-31,24-21-31)30-17-13-28(14-18-30)27-11-7-25(4-2)8-12-27/h13-14,17-18,25-27,29H,3-12,15-16,19-24H2,1-2H3. The molecule has 178 valence electrons. The van der Waals surface area contributed by atoms with Crippen molar-refractivity contribution in [1.82, 2.24) is 0 Å². The largest absolute Gasteiger partial charge is 0.0654 e. The summed E-state index contributed by atoms with van der Waals surface area (Å²) in [4.78, 5) is 0. The summed E-state index contributed by atoms with van der Waals surface area (Å²) in [7, 11) is 0. The molecule has 0 heterocycles. The van der Waals surface area contributed by atoms with Gasteiger partial charge in [0.2, 0.25) is 0 Å². The second-order valence-corrected chi connectivity index (χ2v) is 12.8. The molecule has 5 saturated carbocycles. The Bertz CT molecular complexity index is 686. The molecule has 0 heteroatoms. The highest BCUT2D eigenvalue weighted by molar-refractivity contribution is 5.33. The highest BCUT2D eigenvalue weighted by atomic mass is 14.6. The van der Waals surface area contributed by atoms with Gasteiger partial charge in [0.1, 0.15) is 0 Å². The van der Waals surface area contributed by atoms with Gasteiger partial charge >= 0.3 is 0 Å². The van der Waals surface area contributed by atoms with Gasteiger partial charge in [-0.25, -0.2) is 0 Å². The minimum Gasteiger partial charge on any atom is -0.0654 e. The van der Waals surface area contributed by atoms with Crippen LogP contribution in [0, 0.1) is 23.2 Å². The van der Waals surface area contributed by atoms with Gasteiger partial charge in [0.15, 0.2) is 0 Å². The fraction of sp³-hybridized carbons (Fsp3) is 0.812. The third kappa shape index (κ3) is 4.46. The summed E-state index contributed by atoms with van der Waals surface area (Å²) in [5.74, 6) is 3.95. The summed E-state index contributed by atoms with van der Waals surface area (Å²) in [5.41, 5.74) is 4.59. The second kappa shape index (κ2) is 9.84. The first-order valence-corrected chi connectivity index (χ1v) is 14.8. The van der Waals surface area contributed by atoms with Gasteiger partial charge in [-0.2, -0.15) is 0 Å². The van der Waals surface area contributed by atoms with Crippen LogP contribution in [0.3, 0.4) is 0 Å². The van der Waals surface area contributed by atoms with Crippen molar-refractivity contribution in [2.75, 3.05) is 0 Å². The summed E-state index contributed by atoms with van der Waals surface area (Å²) in [6, 6.07) is 10.2. The van der Waals surface area contributed by atoms with Crippen molar-refractivity contribution in [1.29, 1.82) is 0 Å². The lowest BCUT2D eigenvalue weighted by atomic mass is 9.47. The smallest absolute Gasteiger partial charge is 0.00463 e. The normalized spacial score (nSPS) is 39.8. The number of unbranched alkanes of at least 4 members (excludes halogenated alkanes) is 1. The third-order valence-corrected chi connectivity index (χ3v) is 11.4. The highest BCUT2D eigenvalue weighted by Crippen LogP contribution is 2.62. The van der Waals surface area contributed by atoms with Crippen LogP contribution in [0.4, 0.5) is 0 Å². The van der Waals surface area contributed by atoms with Crippen molar-refractivity contribution in [3.63, 3.8) is 0 Å². The van der Waals surface area contributed by atoms with Crippen LogP contribution in [0.2, 0.25) is 0 Å². The SMILES string of the molecule is CCCCC1CCC(C23CCC(c4ccc(C5CCC(CC)CC5)cc4)(CC2)CC3)CC1. The minimum atomic E-state index is 0.526. The Morgan fingerprint density at radius 2 is 1.28 bits per heavy atom. The quantitative estimate of drug-likeness (QED) is 0.400. The fourth-order valence-corrected chi connectivity index (χ4v) is 8.83. The van der Waals surface area contributed by atoms with Gasteiger partial charge in [0.25, 0.3) is 0 Å². The molecule has 0 aromatic heterocycles. The summed E-state index contributed by atoms with van der Waals surface area (Å²) in [6.07, 6.45) is 26.7. The lowest BCUT2D eigenvalue weighted by molar-refractivity contribution is -0.0294. The first kappa shape index (κ1) is 23.0. The zero-order valence-corrected chi connectivity index (χ0v) is 21.3. The third-order valence-electron chi connectivity index (χ3n) is 11.4. The van der Waals surface area contributed by atoms with Crippen molar-refractivity contribution in [2.24, 2.45) is 23.2 Å². The van der Waals surface area contributed by atoms with Crippen molar-refractivity contribution in [2.45, 2.75) is 141 Å². The van der Waals surface area contributed by atoms with Gasteiger partial charge in [0, 0.05) is 0 Å². The van der Waals surface area contributed by atoms with Gasteiger partial charge in [0.05, 0.1) is 0 Å². The first-order chi connectivity index (χ1) is 15.7. The monoisotopic (exact) mass is 434 g/mol. The van der Waals surface area contributed by atoms with Gasteiger partial charge in [-0.15, -0.1) is 0 Å². The average molecular weight is 435 g/mol. The maximum Gasteiger partial charge on any atom is -0.00463 e. The van der Waals surface area contributed by atoms with E-state index in [4.69, 9.17) is 0 Å². The fourth-order valence-electron chi connectivity index (χ4n) is 8.83. The number of hydrogen-bond acceptors (Lipinski definition) is 0. The Hall–Kier alpha value is -0.780. The van der Waals surface area contributed by atoms with Crippen LogP contribution in [-0.2, 0) is 5.41 Å². The molecule has 0 nitrogen and oxygen atoms in total. The van der Waals surface area contributed by atoms with E-state index in [-0.39, 0.29) is 0 Å². The van der Waals surface area contributed by atoms with E-state index >= 15 is 0 Å². The molecule has 0 N–H and O–H groups in total. The molecule has 6 rings (SSSR count). The van der Waals surface area contributed by atoms with E-state index in [9.17, 15) is 0 Å². The van der Waals surface area contributed by atoms with Gasteiger partial charge in [-0.05, 0) is 123 Å². The van der Waals surface area contributed by atoms with Crippen LogP contribution in [0.25, 0.3) is 0 Å². The number of benzene rings is 1. The predicted molar refractivity (Wildman–Crippen MR) is 138 cm³/mol. The molecule has 5 fully saturated rings. The van der Waals surface area contributed by atoms with Crippen molar-refractivity contribution >= 4 is 0 Å². The van der Waals surface area contributed by atoms with Crippen molar-refractivity contribution < 1.29 is 0 Å². The highest BCUT2D eigenvalue weighted by Gasteiger charge is 2.52. The molecule has 0 spiro atoms. The van der Waals surface area contributed by atoms with Gasteiger partial charge in [-0.1, -0.05) is 76.6 Å². The lowest BCUT2D eigenvalue weighted by Gasteiger charge is -2.58. The van der Waals surface area contributed by atoms with E-state index < -0.39 is 0 Å². The Morgan fingerprint density at radius 1 is 0.688 bits per heavy atom. The van der Waals surface area contributed by atoms with Crippen molar-refractivity contribution in [3.8, 4) is 0 Å². The molecule has 5 aliphatic rings. The van der Waals surface area contributed by atoms with E-state index in [0.717, 1.165) is 29.1 Å². The predicted octanol–water partition coefficient (Wildman–Crippen LogP) is 9.96. The summed E-state index contributed by atoms with van der Waals surface area (Å²) in [6.45, 7) is 4.73. The zero-order valence-electron chi connectivity index (χ0n) is 21.3. The van der Waals surface area contributed by atoms with E-state index in [1.807, 2.05) is 0 Å². The molecule has 0 amide bonds. The molecular weight excluding hydrogens is 384 g/mol. The minimum absolute atomic E-state index is 0.526. The van der Waals surface area contributed by atoms with Crippen molar-refractivity contribution in [3.05, 3.63) is 35.4 Å². The van der Waals surface area contributed by atoms with E-state index in [1.54, 1.807) is 36.8 Å². The molecule has 1 aromatic rings. The second-order valence-electron chi connectivity index (χ2n) is 12.8. The zero-order chi connectivity index (χ0) is 22.0. The van der Waals surface area contributed by atoms with E-state index in [2.05, 4.69) is 38.1 Å². The molecule has 0 unspecified atom stereocenters. The Balaban J connectivity index is 1.18. The summed E-state index contributed by atoms with van der Waals surface area (Å²) in [5, 5.41) is 0.